The van der Waals surface area contributed by atoms with Crippen LogP contribution in [0.5, 0.6) is 23.0 Å². The fourth-order valence-electron chi connectivity index (χ4n) is 2.99. The molecule has 3 aromatic rings. The summed E-state index contributed by atoms with van der Waals surface area (Å²) in [4.78, 5) is 0. The van der Waals surface area contributed by atoms with E-state index in [0.29, 0.717) is 18.1 Å². The summed E-state index contributed by atoms with van der Waals surface area (Å²) in [7, 11) is 1.64. The van der Waals surface area contributed by atoms with Gasteiger partial charge < -0.3 is 23.4 Å². The highest BCUT2D eigenvalue weighted by molar-refractivity contribution is 5.91. The van der Waals surface area contributed by atoms with Gasteiger partial charge in [0.15, 0.2) is 11.5 Å². The van der Waals surface area contributed by atoms with Crippen molar-refractivity contribution in [1.82, 2.24) is 0 Å². The van der Waals surface area contributed by atoms with Crippen LogP contribution in [0.25, 0.3) is 22.3 Å². The lowest BCUT2D eigenvalue weighted by Crippen LogP contribution is -2.03. The lowest BCUT2D eigenvalue weighted by molar-refractivity contribution is 0.173. The Morgan fingerprint density at radius 2 is 1.82 bits per heavy atom. The van der Waals surface area contributed by atoms with Gasteiger partial charge in [-0.2, -0.15) is 0 Å². The van der Waals surface area contributed by atoms with Gasteiger partial charge in [0.25, 0.3) is 0 Å². The molecule has 2 aliphatic rings. The Labute approximate surface area is 126 Å². The van der Waals surface area contributed by atoms with Crippen molar-refractivity contribution in [2.75, 3.05) is 13.9 Å². The fraction of sp³-hybridized carbons (Fsp3) is 0.176. The Hall–Kier alpha value is -2.82. The molecule has 0 bridgehead atoms. The maximum absolute atomic E-state index is 6.06. The highest BCUT2D eigenvalue weighted by atomic mass is 16.7. The van der Waals surface area contributed by atoms with E-state index in [1.807, 2.05) is 30.3 Å². The van der Waals surface area contributed by atoms with Gasteiger partial charge in [0.05, 0.1) is 12.7 Å². The van der Waals surface area contributed by atoms with Gasteiger partial charge in [-0.1, -0.05) is 0 Å². The molecule has 110 valence electrons. The van der Waals surface area contributed by atoms with Crippen LogP contribution < -0.4 is 18.9 Å². The minimum atomic E-state index is 0.239. The van der Waals surface area contributed by atoms with Crippen molar-refractivity contribution in [3.05, 3.63) is 35.9 Å². The normalized spacial score (nSPS) is 14.4. The predicted octanol–water partition coefficient (Wildman–Crippen LogP) is 3.73. The van der Waals surface area contributed by atoms with Gasteiger partial charge in [0, 0.05) is 23.1 Å². The standard InChI is InChI=1S/C17H12O5/c1-18-9-2-3-10-12-7-19-13-6-16-15(20-8-21-16)5-11(13)17(12)22-14(10)4-9/h2-6H,7-8H2,1H3. The Bertz CT molecular complexity index is 909. The zero-order valence-corrected chi connectivity index (χ0v) is 11.8. The number of ether oxygens (including phenoxy) is 4. The van der Waals surface area contributed by atoms with E-state index in [2.05, 4.69) is 0 Å². The van der Waals surface area contributed by atoms with Crippen molar-refractivity contribution in [1.29, 1.82) is 0 Å². The molecule has 0 fully saturated rings. The number of hydrogen-bond donors (Lipinski definition) is 0. The van der Waals surface area contributed by atoms with Gasteiger partial charge in [-0.25, -0.2) is 0 Å². The number of furan rings is 1. The van der Waals surface area contributed by atoms with Crippen LogP contribution in [-0.4, -0.2) is 13.9 Å². The first-order valence-corrected chi connectivity index (χ1v) is 7.00. The first-order valence-electron chi connectivity index (χ1n) is 7.00. The fourth-order valence-corrected chi connectivity index (χ4v) is 2.99. The van der Waals surface area contributed by atoms with E-state index in [4.69, 9.17) is 23.4 Å². The second kappa shape index (κ2) is 4.10. The minimum absolute atomic E-state index is 0.239. The Balaban J connectivity index is 1.76. The van der Waals surface area contributed by atoms with E-state index < -0.39 is 0 Å². The molecule has 0 aliphatic carbocycles. The molecule has 0 radical (unpaired) electrons. The molecular weight excluding hydrogens is 284 g/mol. The monoisotopic (exact) mass is 296 g/mol. The van der Waals surface area contributed by atoms with Gasteiger partial charge in [-0.15, -0.1) is 0 Å². The molecule has 1 aromatic heterocycles. The Morgan fingerprint density at radius 1 is 0.955 bits per heavy atom. The summed E-state index contributed by atoms with van der Waals surface area (Å²) in [6, 6.07) is 9.58. The largest absolute Gasteiger partial charge is 0.497 e. The lowest BCUT2D eigenvalue weighted by Gasteiger charge is -2.17. The highest BCUT2D eigenvalue weighted by Gasteiger charge is 2.28. The van der Waals surface area contributed by atoms with Crippen LogP contribution in [0.1, 0.15) is 5.56 Å². The summed E-state index contributed by atoms with van der Waals surface area (Å²) in [6.45, 7) is 0.712. The van der Waals surface area contributed by atoms with Crippen LogP contribution in [0, 0.1) is 0 Å². The van der Waals surface area contributed by atoms with E-state index >= 15 is 0 Å². The highest BCUT2D eigenvalue weighted by Crippen LogP contribution is 2.48. The van der Waals surface area contributed by atoms with E-state index in [1.54, 1.807) is 7.11 Å². The molecule has 2 aromatic carbocycles. The van der Waals surface area contributed by atoms with Gasteiger partial charge in [-0.3, -0.25) is 0 Å². The lowest BCUT2D eigenvalue weighted by atomic mass is 10.0. The summed E-state index contributed by atoms with van der Waals surface area (Å²) >= 11 is 0. The average Bonchev–Trinajstić information content (AvgIpc) is 3.15. The van der Waals surface area contributed by atoms with Crippen molar-refractivity contribution in [2.45, 2.75) is 6.61 Å². The molecular formula is C17H12O5. The average molecular weight is 296 g/mol. The van der Waals surface area contributed by atoms with Crippen LogP contribution in [0.3, 0.4) is 0 Å². The van der Waals surface area contributed by atoms with E-state index in [-0.39, 0.29) is 6.79 Å². The molecule has 5 heteroatoms. The summed E-state index contributed by atoms with van der Waals surface area (Å²) in [5.74, 6) is 3.77. The zero-order valence-electron chi connectivity index (χ0n) is 11.8. The molecule has 2 aliphatic heterocycles. The maximum Gasteiger partial charge on any atom is 0.231 e. The molecule has 0 amide bonds. The van der Waals surface area contributed by atoms with Gasteiger partial charge >= 0.3 is 0 Å². The van der Waals surface area contributed by atoms with Crippen molar-refractivity contribution >= 4 is 11.0 Å². The number of methoxy groups -OCH3 is 1. The third kappa shape index (κ3) is 1.48. The summed E-state index contributed by atoms with van der Waals surface area (Å²) in [6.07, 6.45) is 0. The molecule has 0 N–H and O–H groups in total. The number of hydrogen-bond acceptors (Lipinski definition) is 5. The van der Waals surface area contributed by atoms with Crippen LogP contribution in [-0.2, 0) is 6.61 Å². The van der Waals surface area contributed by atoms with Crippen molar-refractivity contribution in [3.8, 4) is 34.3 Å². The molecule has 0 atom stereocenters. The quantitative estimate of drug-likeness (QED) is 0.685. The van der Waals surface area contributed by atoms with Crippen LogP contribution >= 0.6 is 0 Å². The number of benzene rings is 2. The number of fused-ring (bicyclic) bond motifs is 6. The Kier molecular flexibility index (Phi) is 2.20. The third-order valence-electron chi connectivity index (χ3n) is 4.09. The molecule has 0 saturated carbocycles. The SMILES string of the molecule is COc1ccc2c3c(oc2c1)-c1cc2c(cc1OC3)OCO2. The van der Waals surface area contributed by atoms with Crippen molar-refractivity contribution < 1.29 is 23.4 Å². The molecule has 0 spiro atoms. The topological polar surface area (TPSA) is 50.1 Å². The molecule has 0 unspecified atom stereocenters. The molecule has 0 saturated heterocycles. The molecule has 5 rings (SSSR count). The second-order valence-corrected chi connectivity index (χ2v) is 5.26. The minimum Gasteiger partial charge on any atom is -0.497 e. The summed E-state index contributed by atoms with van der Waals surface area (Å²) in [5.41, 5.74) is 2.73. The van der Waals surface area contributed by atoms with Crippen molar-refractivity contribution in [3.63, 3.8) is 0 Å². The first-order chi connectivity index (χ1) is 10.8. The summed E-state index contributed by atoms with van der Waals surface area (Å²) in [5, 5.41) is 1.04. The second-order valence-electron chi connectivity index (χ2n) is 5.26. The van der Waals surface area contributed by atoms with Crippen LogP contribution in [0.15, 0.2) is 34.7 Å². The predicted molar refractivity (Wildman–Crippen MR) is 78.7 cm³/mol. The molecule has 5 nitrogen and oxygen atoms in total. The van der Waals surface area contributed by atoms with Gasteiger partial charge in [0.2, 0.25) is 6.79 Å². The zero-order chi connectivity index (χ0) is 14.7. The Morgan fingerprint density at radius 3 is 2.68 bits per heavy atom. The van der Waals surface area contributed by atoms with E-state index in [0.717, 1.165) is 39.4 Å². The molecule has 3 heterocycles. The maximum atomic E-state index is 6.06. The summed E-state index contributed by atoms with van der Waals surface area (Å²) < 4.78 is 28.0. The van der Waals surface area contributed by atoms with E-state index in [1.165, 1.54) is 0 Å². The van der Waals surface area contributed by atoms with Crippen LogP contribution in [0.4, 0.5) is 0 Å². The van der Waals surface area contributed by atoms with Crippen molar-refractivity contribution in [2.24, 2.45) is 0 Å². The third-order valence-corrected chi connectivity index (χ3v) is 4.09. The van der Waals surface area contributed by atoms with E-state index in [9.17, 15) is 0 Å². The first kappa shape index (κ1) is 11.8. The van der Waals surface area contributed by atoms with Crippen LogP contribution in [0.2, 0.25) is 0 Å². The smallest absolute Gasteiger partial charge is 0.231 e. The number of rotatable bonds is 1. The van der Waals surface area contributed by atoms with Gasteiger partial charge in [0.1, 0.15) is 29.4 Å². The molecule has 22 heavy (non-hydrogen) atoms. The van der Waals surface area contributed by atoms with Gasteiger partial charge in [-0.05, 0) is 18.2 Å².